The normalized spacial score (nSPS) is 10.7. The summed E-state index contributed by atoms with van der Waals surface area (Å²) < 4.78 is 1.91. The molecule has 2 heterocycles. The van der Waals surface area contributed by atoms with Gasteiger partial charge in [-0.25, -0.2) is 9.97 Å². The molecule has 2 aromatic heterocycles. The number of imidazole rings is 1. The minimum Gasteiger partial charge on any atom is -0.334 e. The topological polar surface area (TPSA) is 87.4 Å². The molecule has 1 aromatic carbocycles. The number of thioether (sulfide) groups is 1. The van der Waals surface area contributed by atoms with Gasteiger partial charge in [0.25, 0.3) is 5.56 Å². The highest BCUT2D eigenvalue weighted by Gasteiger charge is 2.14. The average molecular weight is 297 g/mol. The first-order chi connectivity index (χ1) is 10.1. The van der Waals surface area contributed by atoms with E-state index in [0.717, 1.165) is 11.0 Å². The molecular formula is C14H11N5OS. The van der Waals surface area contributed by atoms with Gasteiger partial charge in [-0.05, 0) is 18.4 Å². The molecule has 3 rings (SSSR count). The number of H-pyrrole nitrogens is 1. The monoisotopic (exact) mass is 297 g/mol. The van der Waals surface area contributed by atoms with Gasteiger partial charge in [-0.1, -0.05) is 17.8 Å². The van der Waals surface area contributed by atoms with Crippen molar-refractivity contribution >= 4 is 22.8 Å². The molecule has 0 bridgehead atoms. The lowest BCUT2D eigenvalue weighted by atomic mass is 10.1. The molecule has 21 heavy (non-hydrogen) atoms. The van der Waals surface area contributed by atoms with Crippen molar-refractivity contribution in [3.05, 3.63) is 40.4 Å². The van der Waals surface area contributed by atoms with Crippen molar-refractivity contribution in [2.45, 2.75) is 5.16 Å². The summed E-state index contributed by atoms with van der Waals surface area (Å²) in [7, 11) is 1.91. The number of rotatable bonds is 2. The lowest BCUT2D eigenvalue weighted by Gasteiger charge is -2.05. The summed E-state index contributed by atoms with van der Waals surface area (Å²) in [5, 5.41) is 9.69. The minimum absolute atomic E-state index is 0.0167. The molecule has 1 N–H and O–H groups in total. The summed E-state index contributed by atoms with van der Waals surface area (Å²) in [5.74, 6) is 0. The van der Waals surface area contributed by atoms with Crippen molar-refractivity contribution < 1.29 is 0 Å². The highest BCUT2D eigenvalue weighted by atomic mass is 32.2. The van der Waals surface area contributed by atoms with E-state index in [1.54, 1.807) is 6.33 Å². The van der Waals surface area contributed by atoms with Crippen molar-refractivity contribution in [1.82, 2.24) is 19.5 Å². The third-order valence-electron chi connectivity index (χ3n) is 3.20. The molecule has 0 aliphatic carbocycles. The number of nitriles is 1. The fraction of sp³-hybridized carbons (Fsp3) is 0.143. The Morgan fingerprint density at radius 2 is 2.24 bits per heavy atom. The molecule has 0 saturated carbocycles. The number of fused-ring (bicyclic) bond motifs is 1. The summed E-state index contributed by atoms with van der Waals surface area (Å²) in [5.41, 5.74) is 2.47. The van der Waals surface area contributed by atoms with E-state index in [0.29, 0.717) is 16.4 Å². The predicted octanol–water partition coefficient (Wildman–Crippen LogP) is 1.92. The fourth-order valence-electron chi connectivity index (χ4n) is 2.15. The maximum atomic E-state index is 11.9. The molecule has 0 saturated heterocycles. The van der Waals surface area contributed by atoms with Crippen LogP contribution in [0.3, 0.4) is 0 Å². The third-order valence-corrected chi connectivity index (χ3v) is 3.78. The van der Waals surface area contributed by atoms with E-state index in [2.05, 4.69) is 15.0 Å². The minimum atomic E-state index is -0.423. The second-order valence-corrected chi connectivity index (χ2v) is 5.26. The Kier molecular flexibility index (Phi) is 3.23. The summed E-state index contributed by atoms with van der Waals surface area (Å²) in [6, 6.07) is 7.51. The van der Waals surface area contributed by atoms with Gasteiger partial charge in [0, 0.05) is 12.6 Å². The van der Waals surface area contributed by atoms with E-state index in [4.69, 9.17) is 0 Å². The van der Waals surface area contributed by atoms with Crippen molar-refractivity contribution in [2.75, 3.05) is 6.26 Å². The smallest absolute Gasteiger partial charge is 0.270 e. The molecule has 0 atom stereocenters. The number of aromatic amines is 1. The molecule has 3 aromatic rings. The van der Waals surface area contributed by atoms with Crippen LogP contribution in [0.4, 0.5) is 0 Å². The van der Waals surface area contributed by atoms with Crippen LogP contribution in [0.1, 0.15) is 5.56 Å². The van der Waals surface area contributed by atoms with Crippen LogP contribution in [0.5, 0.6) is 0 Å². The van der Waals surface area contributed by atoms with Crippen LogP contribution >= 0.6 is 11.8 Å². The summed E-state index contributed by atoms with van der Waals surface area (Å²) in [4.78, 5) is 23.2. The molecule has 104 valence electrons. The van der Waals surface area contributed by atoms with Gasteiger partial charge in [-0.3, -0.25) is 4.79 Å². The van der Waals surface area contributed by atoms with Gasteiger partial charge >= 0.3 is 0 Å². The Hall–Kier alpha value is -2.59. The largest absolute Gasteiger partial charge is 0.334 e. The van der Waals surface area contributed by atoms with E-state index >= 15 is 0 Å². The molecule has 0 aliphatic rings. The van der Waals surface area contributed by atoms with Crippen molar-refractivity contribution in [1.29, 1.82) is 5.26 Å². The van der Waals surface area contributed by atoms with Gasteiger partial charge in [0.1, 0.15) is 11.6 Å². The fourth-order valence-corrected chi connectivity index (χ4v) is 2.52. The first-order valence-corrected chi connectivity index (χ1v) is 7.36. The molecule has 0 unspecified atom stereocenters. The zero-order chi connectivity index (χ0) is 15.0. The first kappa shape index (κ1) is 13.4. The zero-order valence-electron chi connectivity index (χ0n) is 11.4. The summed E-state index contributed by atoms with van der Waals surface area (Å²) >= 11 is 1.32. The number of nitrogens with zero attached hydrogens (tertiary/aromatic N) is 4. The van der Waals surface area contributed by atoms with E-state index in [1.807, 2.05) is 42.1 Å². The SMILES string of the molecule is CSc1nc(-c2ccc3c(c2)ncn3C)c(C#N)c(=O)[nH]1. The van der Waals surface area contributed by atoms with Gasteiger partial charge in [0.05, 0.1) is 23.1 Å². The maximum Gasteiger partial charge on any atom is 0.270 e. The second kappa shape index (κ2) is 5.07. The van der Waals surface area contributed by atoms with Gasteiger partial charge in [-0.15, -0.1) is 0 Å². The van der Waals surface area contributed by atoms with Crippen molar-refractivity contribution in [3.8, 4) is 17.3 Å². The van der Waals surface area contributed by atoms with Gasteiger partial charge in [-0.2, -0.15) is 5.26 Å². The summed E-state index contributed by atoms with van der Waals surface area (Å²) in [6.45, 7) is 0. The van der Waals surface area contributed by atoms with Crippen LogP contribution in [-0.4, -0.2) is 25.8 Å². The Labute approximate surface area is 124 Å². The van der Waals surface area contributed by atoms with Crippen LogP contribution < -0.4 is 5.56 Å². The van der Waals surface area contributed by atoms with Crippen LogP contribution in [0, 0.1) is 11.3 Å². The third kappa shape index (κ3) is 2.19. The van der Waals surface area contributed by atoms with Crippen molar-refractivity contribution in [2.24, 2.45) is 7.05 Å². The molecule has 6 nitrogen and oxygen atoms in total. The number of nitrogens with one attached hydrogen (secondary N) is 1. The zero-order valence-corrected chi connectivity index (χ0v) is 12.2. The number of aromatic nitrogens is 4. The number of aryl methyl sites for hydroxylation is 1. The standard InChI is InChI=1S/C14H11N5OS/c1-19-7-16-10-5-8(3-4-11(10)19)12-9(6-15)13(20)18-14(17-12)21-2/h3-5,7H,1-2H3,(H,17,18,20). The van der Waals surface area contributed by atoms with E-state index in [1.165, 1.54) is 11.8 Å². The highest BCUT2D eigenvalue weighted by Crippen LogP contribution is 2.24. The molecule has 0 aliphatic heterocycles. The van der Waals surface area contributed by atoms with Crippen molar-refractivity contribution in [3.63, 3.8) is 0 Å². The van der Waals surface area contributed by atoms with Gasteiger partial charge in [0.15, 0.2) is 5.16 Å². The Bertz CT molecular complexity index is 935. The molecule has 0 radical (unpaired) electrons. The van der Waals surface area contributed by atoms with Gasteiger partial charge < -0.3 is 9.55 Å². The number of benzene rings is 1. The van der Waals surface area contributed by atoms with Crippen LogP contribution in [-0.2, 0) is 7.05 Å². The summed E-state index contributed by atoms with van der Waals surface area (Å²) in [6.07, 6.45) is 3.54. The maximum absolute atomic E-state index is 11.9. The molecule has 0 fully saturated rings. The lowest BCUT2D eigenvalue weighted by molar-refractivity contribution is 0.937. The molecular weight excluding hydrogens is 286 g/mol. The Morgan fingerprint density at radius 1 is 1.43 bits per heavy atom. The van der Waals surface area contributed by atoms with E-state index < -0.39 is 5.56 Å². The van der Waals surface area contributed by atoms with Crippen LogP contribution in [0.2, 0.25) is 0 Å². The molecule has 0 spiro atoms. The van der Waals surface area contributed by atoms with Crippen LogP contribution in [0.25, 0.3) is 22.3 Å². The highest BCUT2D eigenvalue weighted by molar-refractivity contribution is 7.98. The number of hydrogen-bond donors (Lipinski definition) is 1. The average Bonchev–Trinajstić information content (AvgIpc) is 2.87. The second-order valence-electron chi connectivity index (χ2n) is 4.47. The van der Waals surface area contributed by atoms with E-state index in [9.17, 15) is 10.1 Å². The van der Waals surface area contributed by atoms with E-state index in [-0.39, 0.29) is 5.56 Å². The first-order valence-electron chi connectivity index (χ1n) is 6.14. The molecule has 0 amide bonds. The quantitative estimate of drug-likeness (QED) is 0.576. The Morgan fingerprint density at radius 3 is 2.95 bits per heavy atom. The molecule has 7 heteroatoms. The lowest BCUT2D eigenvalue weighted by Crippen LogP contribution is -2.14. The number of hydrogen-bond acceptors (Lipinski definition) is 5. The van der Waals surface area contributed by atoms with Gasteiger partial charge in [0.2, 0.25) is 0 Å². The Balaban J connectivity index is 2.28. The van der Waals surface area contributed by atoms with Crippen LogP contribution in [0.15, 0.2) is 34.5 Å². The predicted molar refractivity (Wildman–Crippen MR) is 81.1 cm³/mol.